The molecule has 1 saturated heterocycles. The van der Waals surface area contributed by atoms with E-state index in [0.29, 0.717) is 10.7 Å². The predicted molar refractivity (Wildman–Crippen MR) is 81.4 cm³/mol. The molecule has 2 rings (SSSR count). The summed E-state index contributed by atoms with van der Waals surface area (Å²) in [7, 11) is 0. The Balaban J connectivity index is 1.87. The van der Waals surface area contributed by atoms with E-state index in [4.69, 9.17) is 16.3 Å². The lowest BCUT2D eigenvalue weighted by atomic mass is 10.2. The van der Waals surface area contributed by atoms with Crippen LogP contribution in [0.15, 0.2) is 18.2 Å². The Labute approximate surface area is 125 Å². The number of hydrogen-bond acceptors (Lipinski definition) is 3. The Kier molecular flexibility index (Phi) is 5.26. The van der Waals surface area contributed by atoms with Gasteiger partial charge in [0.2, 0.25) is 0 Å². The minimum atomic E-state index is -0.426. The standard InChI is InChI=1S/C15H21ClN2O2/c1-3-8-18-9-7-12(10-18)20-15(19)17-14-11(2)5-4-6-13(14)16/h4-6,12H,3,7-10H2,1-2H3,(H,17,19). The van der Waals surface area contributed by atoms with Crippen LogP contribution in [-0.4, -0.2) is 36.7 Å². The number of anilines is 1. The third kappa shape index (κ3) is 3.87. The molecule has 0 radical (unpaired) electrons. The molecule has 0 spiro atoms. The van der Waals surface area contributed by atoms with Crippen molar-refractivity contribution < 1.29 is 9.53 Å². The van der Waals surface area contributed by atoms with Gasteiger partial charge < -0.3 is 4.74 Å². The zero-order chi connectivity index (χ0) is 14.5. The van der Waals surface area contributed by atoms with Crippen molar-refractivity contribution in [2.24, 2.45) is 0 Å². The van der Waals surface area contributed by atoms with Crippen molar-refractivity contribution in [2.45, 2.75) is 32.8 Å². The molecule has 0 saturated carbocycles. The number of nitrogens with zero attached hydrogens (tertiary/aromatic N) is 1. The van der Waals surface area contributed by atoms with E-state index in [-0.39, 0.29) is 6.10 Å². The number of halogens is 1. The minimum Gasteiger partial charge on any atom is -0.445 e. The highest BCUT2D eigenvalue weighted by Gasteiger charge is 2.25. The number of nitrogens with one attached hydrogen (secondary N) is 1. The third-order valence-corrected chi connectivity index (χ3v) is 3.81. The van der Waals surface area contributed by atoms with Gasteiger partial charge in [0.25, 0.3) is 0 Å². The lowest BCUT2D eigenvalue weighted by Gasteiger charge is -2.16. The topological polar surface area (TPSA) is 41.6 Å². The first-order valence-corrected chi connectivity index (χ1v) is 7.43. The average Bonchev–Trinajstić information content (AvgIpc) is 2.82. The highest BCUT2D eigenvalue weighted by Crippen LogP contribution is 2.25. The summed E-state index contributed by atoms with van der Waals surface area (Å²) in [4.78, 5) is 14.2. The highest BCUT2D eigenvalue weighted by atomic mass is 35.5. The van der Waals surface area contributed by atoms with Gasteiger partial charge in [-0.05, 0) is 37.9 Å². The summed E-state index contributed by atoms with van der Waals surface area (Å²) in [6.07, 6.45) is 1.57. The molecule has 1 fully saturated rings. The fourth-order valence-electron chi connectivity index (χ4n) is 2.49. The van der Waals surface area contributed by atoms with Gasteiger partial charge in [0.1, 0.15) is 6.10 Å². The number of carbonyl (C=O) groups is 1. The van der Waals surface area contributed by atoms with E-state index in [1.807, 2.05) is 19.1 Å². The Morgan fingerprint density at radius 3 is 3.05 bits per heavy atom. The molecule has 5 heteroatoms. The summed E-state index contributed by atoms with van der Waals surface area (Å²) in [6, 6.07) is 5.51. The first-order chi connectivity index (χ1) is 9.60. The van der Waals surface area contributed by atoms with Crippen LogP contribution in [0.3, 0.4) is 0 Å². The molecule has 1 aliphatic heterocycles. The maximum absolute atomic E-state index is 11.9. The van der Waals surface area contributed by atoms with E-state index in [1.54, 1.807) is 6.07 Å². The van der Waals surface area contributed by atoms with Gasteiger partial charge in [-0.15, -0.1) is 0 Å². The van der Waals surface area contributed by atoms with Crippen molar-refractivity contribution in [3.63, 3.8) is 0 Å². The van der Waals surface area contributed by atoms with Gasteiger partial charge in [-0.3, -0.25) is 10.2 Å². The number of hydrogen-bond donors (Lipinski definition) is 1. The zero-order valence-electron chi connectivity index (χ0n) is 12.0. The van der Waals surface area contributed by atoms with E-state index in [1.165, 1.54) is 0 Å². The van der Waals surface area contributed by atoms with Crippen molar-refractivity contribution in [3.05, 3.63) is 28.8 Å². The minimum absolute atomic E-state index is 0.0238. The SMILES string of the molecule is CCCN1CCC(OC(=O)Nc2c(C)cccc2Cl)C1. The third-order valence-electron chi connectivity index (χ3n) is 3.49. The van der Waals surface area contributed by atoms with Crippen LogP contribution in [0.5, 0.6) is 0 Å². The van der Waals surface area contributed by atoms with Crippen molar-refractivity contribution in [2.75, 3.05) is 25.0 Å². The number of para-hydroxylation sites is 1. The number of benzene rings is 1. The smallest absolute Gasteiger partial charge is 0.411 e. The van der Waals surface area contributed by atoms with Crippen LogP contribution in [0.1, 0.15) is 25.3 Å². The van der Waals surface area contributed by atoms with E-state index >= 15 is 0 Å². The summed E-state index contributed by atoms with van der Waals surface area (Å²) < 4.78 is 5.45. The quantitative estimate of drug-likeness (QED) is 0.921. The van der Waals surface area contributed by atoms with Crippen LogP contribution in [0, 0.1) is 6.92 Å². The monoisotopic (exact) mass is 296 g/mol. The normalized spacial score (nSPS) is 19.1. The molecule has 1 amide bonds. The largest absolute Gasteiger partial charge is 0.445 e. The van der Waals surface area contributed by atoms with Gasteiger partial charge in [0, 0.05) is 13.1 Å². The van der Waals surface area contributed by atoms with Crippen molar-refractivity contribution >= 4 is 23.4 Å². The molecule has 4 nitrogen and oxygen atoms in total. The molecule has 1 aromatic rings. The molecule has 1 unspecified atom stereocenters. The number of aryl methyl sites for hydroxylation is 1. The van der Waals surface area contributed by atoms with Crippen molar-refractivity contribution in [1.29, 1.82) is 0 Å². The Bertz CT molecular complexity index is 459. The fraction of sp³-hybridized carbons (Fsp3) is 0.533. The van der Waals surface area contributed by atoms with Crippen LogP contribution in [0.2, 0.25) is 5.02 Å². The molecule has 0 bridgehead atoms. The molecule has 1 heterocycles. The molecule has 1 atom stereocenters. The predicted octanol–water partition coefficient (Wildman–Crippen LogP) is 3.68. The summed E-state index contributed by atoms with van der Waals surface area (Å²) >= 11 is 6.08. The maximum atomic E-state index is 11.9. The number of likely N-dealkylation sites (tertiary alicyclic amines) is 1. The van der Waals surface area contributed by atoms with Gasteiger partial charge in [-0.25, -0.2) is 4.79 Å². The molecular formula is C15H21ClN2O2. The van der Waals surface area contributed by atoms with Crippen LogP contribution in [0.4, 0.5) is 10.5 Å². The highest BCUT2D eigenvalue weighted by molar-refractivity contribution is 6.33. The van der Waals surface area contributed by atoms with Gasteiger partial charge in [-0.1, -0.05) is 30.7 Å². The molecule has 110 valence electrons. The van der Waals surface area contributed by atoms with Gasteiger partial charge in [0.15, 0.2) is 0 Å². The fourth-order valence-corrected chi connectivity index (χ4v) is 2.75. The zero-order valence-corrected chi connectivity index (χ0v) is 12.7. The lowest BCUT2D eigenvalue weighted by Crippen LogP contribution is -2.27. The number of carbonyl (C=O) groups excluding carboxylic acids is 1. The van der Waals surface area contributed by atoms with Crippen LogP contribution < -0.4 is 5.32 Å². The van der Waals surface area contributed by atoms with Crippen molar-refractivity contribution in [3.8, 4) is 0 Å². The number of amides is 1. The second-order valence-electron chi connectivity index (χ2n) is 5.17. The number of rotatable bonds is 4. The summed E-state index contributed by atoms with van der Waals surface area (Å²) in [6.45, 7) is 6.94. The lowest BCUT2D eigenvalue weighted by molar-refractivity contribution is 0.113. The van der Waals surface area contributed by atoms with Gasteiger partial charge in [-0.2, -0.15) is 0 Å². The van der Waals surface area contributed by atoms with Crippen LogP contribution in [-0.2, 0) is 4.74 Å². The van der Waals surface area contributed by atoms with E-state index in [9.17, 15) is 4.79 Å². The Morgan fingerprint density at radius 2 is 2.35 bits per heavy atom. The molecule has 0 aromatic heterocycles. The van der Waals surface area contributed by atoms with Crippen molar-refractivity contribution in [1.82, 2.24) is 4.90 Å². The summed E-state index contributed by atoms with van der Waals surface area (Å²) in [5, 5.41) is 3.27. The van der Waals surface area contributed by atoms with Gasteiger partial charge >= 0.3 is 6.09 Å². The second-order valence-corrected chi connectivity index (χ2v) is 5.58. The first kappa shape index (κ1) is 15.1. The van der Waals surface area contributed by atoms with E-state index in [0.717, 1.165) is 38.0 Å². The van der Waals surface area contributed by atoms with Crippen LogP contribution >= 0.6 is 11.6 Å². The Hall–Kier alpha value is -1.26. The molecule has 1 N–H and O–H groups in total. The molecule has 1 aliphatic rings. The van der Waals surface area contributed by atoms with Gasteiger partial charge in [0.05, 0.1) is 10.7 Å². The maximum Gasteiger partial charge on any atom is 0.411 e. The first-order valence-electron chi connectivity index (χ1n) is 7.05. The Morgan fingerprint density at radius 1 is 1.55 bits per heavy atom. The molecular weight excluding hydrogens is 276 g/mol. The van der Waals surface area contributed by atoms with E-state index < -0.39 is 6.09 Å². The second kappa shape index (κ2) is 6.95. The molecule has 1 aromatic carbocycles. The number of ether oxygens (including phenoxy) is 1. The molecule has 20 heavy (non-hydrogen) atoms. The average molecular weight is 297 g/mol. The van der Waals surface area contributed by atoms with Crippen LogP contribution in [0.25, 0.3) is 0 Å². The summed E-state index contributed by atoms with van der Waals surface area (Å²) in [5.41, 5.74) is 1.55. The van der Waals surface area contributed by atoms with E-state index in [2.05, 4.69) is 17.1 Å². The molecule has 0 aliphatic carbocycles. The summed E-state index contributed by atoms with van der Waals surface area (Å²) in [5.74, 6) is 0.